The van der Waals surface area contributed by atoms with E-state index in [2.05, 4.69) is 15.0 Å². The molecule has 5 nitrogen and oxygen atoms in total. The molecule has 0 radical (unpaired) electrons. The third-order valence-corrected chi connectivity index (χ3v) is 2.28. The number of anilines is 2. The highest BCUT2D eigenvalue weighted by Crippen LogP contribution is 2.20. The zero-order valence-corrected chi connectivity index (χ0v) is 8.86. The number of carbonyl (C=O) groups is 1. The maximum absolute atomic E-state index is 11.7. The number of nitrogens with two attached hydrogens (primary N) is 1. The van der Waals surface area contributed by atoms with Gasteiger partial charge >= 0.3 is 0 Å². The van der Waals surface area contributed by atoms with Crippen molar-refractivity contribution in [1.29, 1.82) is 0 Å². The summed E-state index contributed by atoms with van der Waals surface area (Å²) in [4.78, 5) is 11.7. The molecule has 3 N–H and O–H groups in total. The molecule has 0 aliphatic carbocycles. The van der Waals surface area contributed by atoms with Gasteiger partial charge in [0, 0.05) is 5.56 Å². The standard InChI is InChI=1S/C10H8ClN3O2/c11-8-3-6(1-2-9(8)12)10(15)14-7-4-13-16-5-7/h1-5H,12H2,(H,14,15). The molecule has 16 heavy (non-hydrogen) atoms. The number of carbonyl (C=O) groups excluding carboxylic acids is 1. The van der Waals surface area contributed by atoms with Gasteiger partial charge in [-0.1, -0.05) is 16.8 Å². The van der Waals surface area contributed by atoms with Gasteiger partial charge in [0.05, 0.1) is 16.9 Å². The second-order valence-electron chi connectivity index (χ2n) is 3.10. The molecule has 82 valence electrons. The molecule has 0 atom stereocenters. The average molecular weight is 238 g/mol. The fourth-order valence-electron chi connectivity index (χ4n) is 1.14. The first-order chi connectivity index (χ1) is 7.66. The van der Waals surface area contributed by atoms with Crippen LogP contribution in [-0.2, 0) is 0 Å². The van der Waals surface area contributed by atoms with Crippen LogP contribution in [0.5, 0.6) is 0 Å². The Morgan fingerprint density at radius 3 is 2.94 bits per heavy atom. The Balaban J connectivity index is 2.18. The van der Waals surface area contributed by atoms with Crippen LogP contribution in [0, 0.1) is 0 Å². The van der Waals surface area contributed by atoms with Crippen LogP contribution in [0.2, 0.25) is 5.02 Å². The van der Waals surface area contributed by atoms with Crippen LogP contribution in [0.4, 0.5) is 11.4 Å². The zero-order chi connectivity index (χ0) is 11.5. The lowest BCUT2D eigenvalue weighted by atomic mass is 10.2. The second-order valence-corrected chi connectivity index (χ2v) is 3.51. The molecule has 0 spiro atoms. The molecule has 0 saturated carbocycles. The Morgan fingerprint density at radius 1 is 1.50 bits per heavy atom. The molecular formula is C10H8ClN3O2. The maximum atomic E-state index is 11.7. The Labute approximate surface area is 96.2 Å². The number of benzene rings is 1. The summed E-state index contributed by atoms with van der Waals surface area (Å²) in [6, 6.07) is 4.66. The lowest BCUT2D eigenvalue weighted by Gasteiger charge is -2.03. The number of amides is 1. The summed E-state index contributed by atoms with van der Waals surface area (Å²) in [6.07, 6.45) is 2.73. The van der Waals surface area contributed by atoms with Crippen LogP contribution < -0.4 is 11.1 Å². The topological polar surface area (TPSA) is 81.2 Å². The van der Waals surface area contributed by atoms with Crippen molar-refractivity contribution < 1.29 is 9.32 Å². The molecule has 0 unspecified atom stereocenters. The summed E-state index contributed by atoms with van der Waals surface area (Å²) >= 11 is 5.80. The maximum Gasteiger partial charge on any atom is 0.255 e. The van der Waals surface area contributed by atoms with Gasteiger partial charge in [0.25, 0.3) is 5.91 Å². The highest BCUT2D eigenvalue weighted by molar-refractivity contribution is 6.33. The van der Waals surface area contributed by atoms with Gasteiger partial charge in [0.2, 0.25) is 0 Å². The summed E-state index contributed by atoms with van der Waals surface area (Å²) < 4.78 is 4.58. The quantitative estimate of drug-likeness (QED) is 0.785. The second kappa shape index (κ2) is 4.24. The minimum absolute atomic E-state index is 0.301. The minimum Gasteiger partial charge on any atom is -0.398 e. The number of nitrogens with one attached hydrogen (secondary N) is 1. The molecule has 1 heterocycles. The molecule has 0 saturated heterocycles. The van der Waals surface area contributed by atoms with Gasteiger partial charge in [-0.05, 0) is 18.2 Å². The normalized spacial score (nSPS) is 10.1. The van der Waals surface area contributed by atoms with Crippen molar-refractivity contribution in [2.75, 3.05) is 11.1 Å². The Morgan fingerprint density at radius 2 is 2.31 bits per heavy atom. The van der Waals surface area contributed by atoms with Crippen molar-refractivity contribution in [1.82, 2.24) is 5.16 Å². The van der Waals surface area contributed by atoms with Crippen molar-refractivity contribution in [3.05, 3.63) is 41.2 Å². The molecule has 6 heteroatoms. The fraction of sp³-hybridized carbons (Fsp3) is 0. The summed E-state index contributed by atoms with van der Waals surface area (Å²) in [7, 11) is 0. The highest BCUT2D eigenvalue weighted by Gasteiger charge is 2.08. The van der Waals surface area contributed by atoms with Crippen LogP contribution >= 0.6 is 11.6 Å². The lowest BCUT2D eigenvalue weighted by molar-refractivity contribution is 0.102. The zero-order valence-electron chi connectivity index (χ0n) is 8.11. The summed E-state index contributed by atoms with van der Waals surface area (Å²) in [6.45, 7) is 0. The monoisotopic (exact) mass is 237 g/mol. The van der Waals surface area contributed by atoms with E-state index >= 15 is 0 Å². The molecule has 0 aliphatic heterocycles. The number of aromatic nitrogens is 1. The van der Waals surface area contributed by atoms with Crippen molar-refractivity contribution in [2.45, 2.75) is 0 Å². The van der Waals surface area contributed by atoms with Gasteiger partial charge in [-0.2, -0.15) is 0 Å². The smallest absolute Gasteiger partial charge is 0.255 e. The summed E-state index contributed by atoms with van der Waals surface area (Å²) in [5.41, 5.74) is 6.87. The first-order valence-electron chi connectivity index (χ1n) is 4.42. The number of nitrogens with zero attached hydrogens (tertiary/aromatic N) is 1. The van der Waals surface area contributed by atoms with E-state index in [-0.39, 0.29) is 5.91 Å². The van der Waals surface area contributed by atoms with Gasteiger partial charge in [-0.25, -0.2) is 0 Å². The largest absolute Gasteiger partial charge is 0.398 e. The summed E-state index contributed by atoms with van der Waals surface area (Å²) in [5, 5.41) is 6.40. The van der Waals surface area contributed by atoms with Crippen LogP contribution in [0.25, 0.3) is 0 Å². The molecule has 0 bridgehead atoms. The molecule has 1 amide bonds. The van der Waals surface area contributed by atoms with E-state index in [0.29, 0.717) is 22.0 Å². The van der Waals surface area contributed by atoms with Crippen LogP contribution in [0.3, 0.4) is 0 Å². The number of halogens is 1. The van der Waals surface area contributed by atoms with E-state index in [1.54, 1.807) is 12.1 Å². The predicted octanol–water partition coefficient (Wildman–Crippen LogP) is 2.16. The van der Waals surface area contributed by atoms with E-state index in [4.69, 9.17) is 17.3 Å². The fourth-order valence-corrected chi connectivity index (χ4v) is 1.32. The van der Waals surface area contributed by atoms with Crippen LogP contribution in [0.15, 0.2) is 35.2 Å². The van der Waals surface area contributed by atoms with Gasteiger partial charge in [-0.15, -0.1) is 0 Å². The van der Waals surface area contributed by atoms with Crippen LogP contribution in [0.1, 0.15) is 10.4 Å². The van der Waals surface area contributed by atoms with E-state index in [1.165, 1.54) is 18.5 Å². The van der Waals surface area contributed by atoms with Crippen molar-refractivity contribution >= 4 is 28.9 Å². The Hall–Kier alpha value is -2.01. The molecule has 2 rings (SSSR count). The third-order valence-electron chi connectivity index (χ3n) is 1.95. The average Bonchev–Trinajstić information content (AvgIpc) is 2.74. The van der Waals surface area contributed by atoms with Crippen molar-refractivity contribution in [2.24, 2.45) is 0 Å². The third kappa shape index (κ3) is 2.14. The van der Waals surface area contributed by atoms with Crippen LogP contribution in [-0.4, -0.2) is 11.1 Å². The molecule has 0 aliphatic rings. The first kappa shape index (κ1) is 10.5. The van der Waals surface area contributed by atoms with Crippen molar-refractivity contribution in [3.8, 4) is 0 Å². The SMILES string of the molecule is Nc1ccc(C(=O)Nc2cnoc2)cc1Cl. The van der Waals surface area contributed by atoms with Gasteiger partial charge in [-0.3, -0.25) is 4.79 Å². The van der Waals surface area contributed by atoms with Crippen molar-refractivity contribution in [3.63, 3.8) is 0 Å². The number of rotatable bonds is 2. The van der Waals surface area contributed by atoms with Gasteiger partial charge in [0.15, 0.2) is 0 Å². The van der Waals surface area contributed by atoms with E-state index in [9.17, 15) is 4.79 Å². The minimum atomic E-state index is -0.301. The lowest BCUT2D eigenvalue weighted by Crippen LogP contribution is -2.11. The van der Waals surface area contributed by atoms with E-state index in [1.807, 2.05) is 0 Å². The molecule has 2 aromatic rings. The van der Waals surface area contributed by atoms with E-state index < -0.39 is 0 Å². The molecule has 1 aromatic carbocycles. The first-order valence-corrected chi connectivity index (χ1v) is 4.80. The van der Waals surface area contributed by atoms with E-state index in [0.717, 1.165) is 0 Å². The van der Waals surface area contributed by atoms with Gasteiger partial charge < -0.3 is 15.6 Å². The predicted molar refractivity (Wildman–Crippen MR) is 60.3 cm³/mol. The number of nitrogen functional groups attached to an aromatic ring is 1. The number of hydrogen-bond donors (Lipinski definition) is 2. The molecule has 1 aromatic heterocycles. The molecule has 0 fully saturated rings. The number of hydrogen-bond acceptors (Lipinski definition) is 4. The summed E-state index contributed by atoms with van der Waals surface area (Å²) in [5.74, 6) is -0.301. The van der Waals surface area contributed by atoms with Gasteiger partial charge in [0.1, 0.15) is 12.0 Å². The highest BCUT2D eigenvalue weighted by atomic mass is 35.5. The molecular weight excluding hydrogens is 230 g/mol. The Kier molecular flexibility index (Phi) is 2.78. The Bertz CT molecular complexity index is 511.